The molecule has 2 heterocycles. The number of ether oxygens (including phenoxy) is 1. The quantitative estimate of drug-likeness (QED) is 0.0788. The van der Waals surface area contributed by atoms with Crippen molar-refractivity contribution in [2.24, 2.45) is 5.41 Å². The van der Waals surface area contributed by atoms with Gasteiger partial charge in [0.05, 0.1) is 46.9 Å². The van der Waals surface area contributed by atoms with Gasteiger partial charge in [-0.3, -0.25) is 19.7 Å². The lowest BCUT2D eigenvalue weighted by molar-refractivity contribution is -0.384. The van der Waals surface area contributed by atoms with Crippen LogP contribution in [0.25, 0.3) is 11.1 Å². The highest BCUT2D eigenvalue weighted by Gasteiger charge is 2.43. The van der Waals surface area contributed by atoms with Gasteiger partial charge >= 0.3 is 13.6 Å². The number of aromatic nitrogens is 1. The van der Waals surface area contributed by atoms with Crippen LogP contribution in [0, 0.1) is 29.4 Å². The molecule has 0 spiro atoms. The zero-order valence-corrected chi connectivity index (χ0v) is 26.7. The number of rotatable bonds is 10. The van der Waals surface area contributed by atoms with E-state index in [1.165, 1.54) is 18.2 Å². The minimum Gasteiger partial charge on any atom is -0.460 e. The Morgan fingerprint density at radius 2 is 1.62 bits per heavy atom. The average Bonchev–Trinajstić information content (AvgIpc) is 3.02. The molecule has 0 aliphatic carbocycles. The Kier molecular flexibility index (Phi) is 9.48. The number of hydrogen-bond donors (Lipinski definition) is 0. The fourth-order valence-corrected chi connectivity index (χ4v) is 7.60. The van der Waals surface area contributed by atoms with E-state index < -0.39 is 18.5 Å². The van der Waals surface area contributed by atoms with Crippen LogP contribution < -0.4 is 10.2 Å². The van der Waals surface area contributed by atoms with Crippen LogP contribution in [-0.4, -0.2) is 42.2 Å². The molecule has 0 radical (unpaired) electrons. The zero-order valence-electron chi connectivity index (χ0n) is 25.8. The number of non-ortho nitro benzene ring substituents is 1. The van der Waals surface area contributed by atoms with Crippen LogP contribution in [0.15, 0.2) is 84.9 Å². The Morgan fingerprint density at radius 3 is 2.27 bits per heavy atom. The van der Waals surface area contributed by atoms with Gasteiger partial charge in [-0.15, -0.1) is 0 Å². The summed E-state index contributed by atoms with van der Waals surface area (Å²) in [4.78, 5) is 31.8. The van der Waals surface area contributed by atoms with Gasteiger partial charge in [0, 0.05) is 35.3 Å². The Hall–Kier alpha value is -4.37. The fraction of sp³-hybridized carbons (Fsp3) is 0.294. The van der Waals surface area contributed by atoms with Gasteiger partial charge in [0.25, 0.3) is 5.69 Å². The maximum atomic E-state index is 14.3. The van der Waals surface area contributed by atoms with Gasteiger partial charge in [-0.1, -0.05) is 74.5 Å². The molecular formula is C34H36N3O7P. The van der Waals surface area contributed by atoms with Crippen LogP contribution in [0.2, 0.25) is 0 Å². The first-order chi connectivity index (χ1) is 21.5. The van der Waals surface area contributed by atoms with Crippen molar-refractivity contribution in [2.45, 2.75) is 34.2 Å². The normalized spacial score (nSPS) is 15.3. The minimum absolute atomic E-state index is 0.0381. The van der Waals surface area contributed by atoms with E-state index in [-0.39, 0.29) is 47.4 Å². The summed E-state index contributed by atoms with van der Waals surface area (Å²) in [7, 11) is -3.98. The third-order valence-corrected chi connectivity index (χ3v) is 9.57. The number of nitro groups is 1. The van der Waals surface area contributed by atoms with Gasteiger partial charge < -0.3 is 18.7 Å². The topological polar surface area (TPSA) is 121 Å². The Balaban J connectivity index is 1.51. The van der Waals surface area contributed by atoms with Crippen molar-refractivity contribution >= 4 is 30.2 Å². The number of benzene rings is 3. The fourth-order valence-electron chi connectivity index (χ4n) is 5.27. The van der Waals surface area contributed by atoms with E-state index >= 15 is 0 Å². The lowest BCUT2D eigenvalue weighted by Crippen LogP contribution is -2.34. The first-order valence-electron chi connectivity index (χ1n) is 14.6. The molecule has 0 N–H and O–H groups in total. The molecule has 0 amide bonds. The SMILES string of the molecule is Cc1nc(C)c(P2(=O)OCC(C)(C)CO2)c(-c2cccc([N+](=O)[O-])c2)c1C(=O)OCCN(Cc1ccccc1)c1ccccc1. The van der Waals surface area contributed by atoms with E-state index in [2.05, 4.69) is 9.88 Å². The number of carbonyl (C=O) groups is 1. The highest BCUT2D eigenvalue weighted by molar-refractivity contribution is 7.62. The van der Waals surface area contributed by atoms with E-state index in [9.17, 15) is 19.5 Å². The lowest BCUT2D eigenvalue weighted by Gasteiger charge is -2.35. The summed E-state index contributed by atoms with van der Waals surface area (Å²) in [6.07, 6.45) is 0. The summed E-state index contributed by atoms with van der Waals surface area (Å²) in [5.41, 5.74) is 2.73. The molecule has 5 rings (SSSR count). The van der Waals surface area contributed by atoms with E-state index in [4.69, 9.17) is 13.8 Å². The second-order valence-electron chi connectivity index (χ2n) is 11.8. The maximum absolute atomic E-state index is 14.3. The maximum Gasteiger partial charge on any atom is 0.363 e. The van der Waals surface area contributed by atoms with Crippen LogP contribution in [0.1, 0.15) is 41.2 Å². The van der Waals surface area contributed by atoms with Gasteiger partial charge in [-0.2, -0.15) is 0 Å². The number of pyridine rings is 1. The molecule has 0 unspecified atom stereocenters. The first-order valence-corrected chi connectivity index (χ1v) is 16.2. The Morgan fingerprint density at radius 1 is 0.978 bits per heavy atom. The average molecular weight is 630 g/mol. The summed E-state index contributed by atoms with van der Waals surface area (Å²) in [5, 5.41) is 11.8. The summed E-state index contributed by atoms with van der Waals surface area (Å²) in [6, 6.07) is 25.6. The van der Waals surface area contributed by atoms with Crippen molar-refractivity contribution < 1.29 is 28.1 Å². The molecule has 1 aliphatic heterocycles. The minimum atomic E-state index is -3.98. The molecule has 45 heavy (non-hydrogen) atoms. The Labute approximate surface area is 262 Å². The monoisotopic (exact) mass is 629 g/mol. The molecule has 0 bridgehead atoms. The molecule has 234 valence electrons. The van der Waals surface area contributed by atoms with E-state index in [0.29, 0.717) is 30.0 Å². The highest BCUT2D eigenvalue weighted by Crippen LogP contribution is 2.55. The van der Waals surface area contributed by atoms with Gasteiger partial charge in [-0.25, -0.2) is 4.79 Å². The summed E-state index contributed by atoms with van der Waals surface area (Å²) in [5.74, 6) is -0.695. The van der Waals surface area contributed by atoms with Crippen molar-refractivity contribution in [2.75, 3.05) is 31.3 Å². The van der Waals surface area contributed by atoms with Crippen molar-refractivity contribution in [3.05, 3.63) is 118 Å². The number of carbonyl (C=O) groups excluding carboxylic acids is 1. The van der Waals surface area contributed by atoms with Crippen LogP contribution in [0.4, 0.5) is 11.4 Å². The highest BCUT2D eigenvalue weighted by atomic mass is 31.2. The summed E-state index contributed by atoms with van der Waals surface area (Å²) < 4.78 is 31.9. The molecule has 0 saturated carbocycles. The zero-order chi connectivity index (χ0) is 32.2. The van der Waals surface area contributed by atoms with Crippen LogP contribution >= 0.6 is 7.60 Å². The van der Waals surface area contributed by atoms with E-state index in [0.717, 1.165) is 11.3 Å². The molecular weight excluding hydrogens is 593 g/mol. The smallest absolute Gasteiger partial charge is 0.363 e. The first kappa shape index (κ1) is 32.0. The van der Waals surface area contributed by atoms with E-state index in [1.807, 2.05) is 74.5 Å². The molecule has 1 fully saturated rings. The second-order valence-corrected chi connectivity index (χ2v) is 13.7. The molecule has 0 atom stereocenters. The summed E-state index contributed by atoms with van der Waals surface area (Å²) >= 11 is 0. The van der Waals surface area contributed by atoms with Crippen LogP contribution in [-0.2, 0) is 24.9 Å². The molecule has 1 aromatic heterocycles. The number of aryl methyl sites for hydroxylation is 2. The molecule has 4 aromatic rings. The number of nitro benzene ring substituents is 1. The van der Waals surface area contributed by atoms with Gasteiger partial charge in [0.2, 0.25) is 0 Å². The summed E-state index contributed by atoms with van der Waals surface area (Å²) in [6.45, 7) is 8.51. The number of anilines is 1. The van der Waals surface area contributed by atoms with Crippen molar-refractivity contribution in [3.8, 4) is 11.1 Å². The predicted molar refractivity (Wildman–Crippen MR) is 173 cm³/mol. The number of esters is 1. The number of nitrogens with zero attached hydrogens (tertiary/aromatic N) is 3. The predicted octanol–water partition coefficient (Wildman–Crippen LogP) is 7.03. The number of para-hydroxylation sites is 1. The molecule has 1 saturated heterocycles. The van der Waals surface area contributed by atoms with Gasteiger partial charge in [-0.05, 0) is 37.1 Å². The third-order valence-electron chi connectivity index (χ3n) is 7.53. The van der Waals surface area contributed by atoms with Crippen molar-refractivity contribution in [1.82, 2.24) is 4.98 Å². The molecule has 3 aromatic carbocycles. The number of hydrogen-bond acceptors (Lipinski definition) is 9. The molecule has 11 heteroatoms. The van der Waals surface area contributed by atoms with Crippen molar-refractivity contribution in [3.63, 3.8) is 0 Å². The van der Waals surface area contributed by atoms with Crippen LogP contribution in [0.5, 0.6) is 0 Å². The standard InChI is InChI=1S/C34H36N3O7P/c1-24-30(33(38)42-19-18-36(28-15-9-6-10-16-28)21-26-12-7-5-8-13-26)31(27-14-11-17-29(20-27)37(39)40)32(25(2)35-24)45(41)43-22-34(3,4)23-44-45/h5-17,20H,18-19,21-23H2,1-4H3. The van der Waals surface area contributed by atoms with Gasteiger partial charge in [0.15, 0.2) is 0 Å². The van der Waals surface area contributed by atoms with Crippen LogP contribution in [0.3, 0.4) is 0 Å². The van der Waals surface area contributed by atoms with E-state index in [1.54, 1.807) is 19.9 Å². The largest absolute Gasteiger partial charge is 0.460 e. The van der Waals surface area contributed by atoms with Crippen molar-refractivity contribution in [1.29, 1.82) is 0 Å². The lowest BCUT2D eigenvalue weighted by atomic mass is 9.97. The Bertz CT molecular complexity index is 1730. The molecule has 10 nitrogen and oxygen atoms in total. The third kappa shape index (κ3) is 7.31. The molecule has 1 aliphatic rings. The second kappa shape index (κ2) is 13.3. The van der Waals surface area contributed by atoms with Gasteiger partial charge in [0.1, 0.15) is 6.61 Å².